The van der Waals surface area contributed by atoms with Gasteiger partial charge >= 0.3 is 115 Å². The van der Waals surface area contributed by atoms with Crippen molar-refractivity contribution in [1.29, 1.82) is 5.41 Å². The monoisotopic (exact) mass is 313 g/mol. The van der Waals surface area contributed by atoms with E-state index in [-0.39, 0.29) is 10.7 Å². The van der Waals surface area contributed by atoms with Crippen molar-refractivity contribution in [3.05, 3.63) is 35.9 Å². The summed E-state index contributed by atoms with van der Waals surface area (Å²) in [7, 11) is 0. The predicted molar refractivity (Wildman–Crippen MR) is 71.3 cm³/mol. The zero-order valence-corrected chi connectivity index (χ0v) is 12.1. The SMILES string of the molecule is CCC(=O)ON(CCCc1ccccc1)C(=N)[Se]. The van der Waals surface area contributed by atoms with Crippen molar-refractivity contribution in [3.63, 3.8) is 0 Å². The Morgan fingerprint density at radius 1 is 1.39 bits per heavy atom. The van der Waals surface area contributed by atoms with Crippen molar-refractivity contribution in [2.24, 2.45) is 0 Å². The minimum absolute atomic E-state index is 0.130. The Balaban J connectivity index is 2.38. The van der Waals surface area contributed by atoms with E-state index in [0.29, 0.717) is 13.0 Å². The summed E-state index contributed by atoms with van der Waals surface area (Å²) in [6, 6.07) is 10.1. The molecule has 18 heavy (non-hydrogen) atoms. The van der Waals surface area contributed by atoms with Crippen LogP contribution in [0, 0.1) is 5.41 Å². The third kappa shape index (κ3) is 5.34. The van der Waals surface area contributed by atoms with Crippen molar-refractivity contribution < 1.29 is 9.63 Å². The number of rotatable bonds is 5. The summed E-state index contributed by atoms with van der Waals surface area (Å²) in [5.41, 5.74) is 1.24. The van der Waals surface area contributed by atoms with Gasteiger partial charge in [-0.05, 0) is 0 Å². The Labute approximate surface area is 116 Å². The summed E-state index contributed by atoms with van der Waals surface area (Å²) in [6.07, 6.45) is 2.03. The van der Waals surface area contributed by atoms with Crippen molar-refractivity contribution in [3.8, 4) is 0 Å². The van der Waals surface area contributed by atoms with Crippen molar-refractivity contribution in [2.45, 2.75) is 26.2 Å². The van der Waals surface area contributed by atoms with Gasteiger partial charge in [0.05, 0.1) is 0 Å². The average molecular weight is 312 g/mol. The fraction of sp³-hybridized carbons (Fsp3) is 0.385. The van der Waals surface area contributed by atoms with E-state index < -0.39 is 0 Å². The molecule has 0 unspecified atom stereocenters. The molecular formula is C13H17N2O2Se. The third-order valence-corrected chi connectivity index (χ3v) is 2.82. The van der Waals surface area contributed by atoms with E-state index in [1.807, 2.05) is 18.2 Å². The van der Waals surface area contributed by atoms with Gasteiger partial charge in [-0.15, -0.1) is 0 Å². The Bertz CT molecular complexity index is 395. The number of hydrogen-bond acceptors (Lipinski definition) is 3. The van der Waals surface area contributed by atoms with Crippen molar-refractivity contribution in [1.82, 2.24) is 5.06 Å². The predicted octanol–water partition coefficient (Wildman–Crippen LogP) is 1.89. The summed E-state index contributed by atoms with van der Waals surface area (Å²) < 4.78 is 0.130. The topological polar surface area (TPSA) is 53.4 Å². The number of nitrogens with one attached hydrogen (secondary N) is 1. The molecule has 0 aromatic heterocycles. The number of aryl methyl sites for hydroxylation is 1. The third-order valence-electron chi connectivity index (χ3n) is 2.40. The van der Waals surface area contributed by atoms with Crippen LogP contribution in [0.2, 0.25) is 0 Å². The fourth-order valence-electron chi connectivity index (χ4n) is 1.45. The quantitative estimate of drug-likeness (QED) is 0.391. The molecule has 1 aromatic rings. The molecule has 4 nitrogen and oxygen atoms in total. The standard InChI is InChI=1S/C13H17N2O2Se/c1-2-12(16)17-15(13(14)18)10-6-9-11-7-4-3-5-8-11/h3-5,7-8,14H,2,6,9-10H2,1H3. The van der Waals surface area contributed by atoms with Crippen molar-refractivity contribution >= 4 is 26.7 Å². The number of benzene rings is 1. The first-order valence-electron chi connectivity index (χ1n) is 5.91. The molecule has 0 saturated heterocycles. The van der Waals surface area contributed by atoms with Crippen LogP contribution in [0.5, 0.6) is 0 Å². The first kappa shape index (κ1) is 14.7. The number of nitrogens with zero attached hydrogens (tertiary/aromatic N) is 1. The summed E-state index contributed by atoms with van der Waals surface area (Å²) in [5.74, 6) is -0.324. The first-order chi connectivity index (χ1) is 8.63. The Morgan fingerprint density at radius 3 is 2.61 bits per heavy atom. The maximum absolute atomic E-state index is 11.2. The summed E-state index contributed by atoms with van der Waals surface area (Å²) >= 11 is 2.55. The summed E-state index contributed by atoms with van der Waals surface area (Å²) in [5, 5.41) is 8.80. The molecule has 0 amide bonds. The molecule has 0 aliphatic rings. The maximum atomic E-state index is 11.2. The van der Waals surface area contributed by atoms with Gasteiger partial charge in [0.15, 0.2) is 0 Å². The van der Waals surface area contributed by atoms with Crippen LogP contribution < -0.4 is 0 Å². The second-order valence-corrected chi connectivity index (χ2v) is 4.62. The number of hydroxylamine groups is 2. The van der Waals surface area contributed by atoms with Crippen LogP contribution in [0.1, 0.15) is 25.3 Å². The van der Waals surface area contributed by atoms with Crippen LogP contribution in [0.15, 0.2) is 30.3 Å². The van der Waals surface area contributed by atoms with Crippen LogP contribution in [0.4, 0.5) is 0 Å². The van der Waals surface area contributed by atoms with Crippen LogP contribution in [0.3, 0.4) is 0 Å². The Hall–Kier alpha value is -1.32. The second-order valence-electron chi connectivity index (χ2n) is 3.81. The molecular weight excluding hydrogens is 295 g/mol. The van der Waals surface area contributed by atoms with E-state index in [9.17, 15) is 4.79 Å². The van der Waals surface area contributed by atoms with Crippen LogP contribution in [-0.2, 0) is 16.1 Å². The van der Waals surface area contributed by atoms with E-state index >= 15 is 0 Å². The molecule has 97 valence electrons. The van der Waals surface area contributed by atoms with Gasteiger partial charge in [-0.1, -0.05) is 0 Å². The first-order valence-corrected chi connectivity index (χ1v) is 6.77. The number of amidine groups is 1. The van der Waals surface area contributed by atoms with Gasteiger partial charge in [-0.25, -0.2) is 0 Å². The summed E-state index contributed by atoms with van der Waals surface area (Å²) in [6.45, 7) is 2.25. The van der Waals surface area contributed by atoms with Gasteiger partial charge in [0.25, 0.3) is 0 Å². The average Bonchev–Trinajstić information content (AvgIpc) is 2.38. The van der Waals surface area contributed by atoms with Gasteiger partial charge < -0.3 is 0 Å². The zero-order chi connectivity index (χ0) is 13.4. The molecule has 0 bridgehead atoms. The van der Waals surface area contributed by atoms with Crippen molar-refractivity contribution in [2.75, 3.05) is 6.54 Å². The molecule has 0 saturated carbocycles. The molecule has 0 fully saturated rings. The molecule has 1 N–H and O–H groups in total. The second kappa shape index (κ2) is 7.90. The van der Waals surface area contributed by atoms with Gasteiger partial charge in [0, 0.05) is 0 Å². The fourth-order valence-corrected chi connectivity index (χ4v) is 1.72. The van der Waals surface area contributed by atoms with Gasteiger partial charge in [0.2, 0.25) is 0 Å². The normalized spacial score (nSPS) is 9.83. The Kier molecular flexibility index (Phi) is 6.47. The van der Waals surface area contributed by atoms with Gasteiger partial charge in [0.1, 0.15) is 0 Å². The van der Waals surface area contributed by atoms with E-state index in [1.165, 1.54) is 10.6 Å². The molecule has 1 aromatic carbocycles. The molecule has 5 heteroatoms. The van der Waals surface area contributed by atoms with E-state index in [0.717, 1.165) is 12.8 Å². The number of carbonyl (C=O) groups excluding carboxylic acids is 1. The van der Waals surface area contributed by atoms with E-state index in [4.69, 9.17) is 10.2 Å². The van der Waals surface area contributed by atoms with Gasteiger partial charge in [-0.2, -0.15) is 0 Å². The molecule has 0 heterocycles. The molecule has 1 radical (unpaired) electrons. The Morgan fingerprint density at radius 2 is 2.06 bits per heavy atom. The zero-order valence-electron chi connectivity index (χ0n) is 10.4. The van der Waals surface area contributed by atoms with Gasteiger partial charge in [-0.3, -0.25) is 0 Å². The molecule has 0 aliphatic carbocycles. The minimum atomic E-state index is -0.324. The molecule has 1 rings (SSSR count). The van der Waals surface area contributed by atoms with Crippen LogP contribution >= 0.6 is 0 Å². The van der Waals surface area contributed by atoms with Crippen LogP contribution in [0.25, 0.3) is 0 Å². The van der Waals surface area contributed by atoms with E-state index in [1.54, 1.807) is 6.92 Å². The van der Waals surface area contributed by atoms with E-state index in [2.05, 4.69) is 28.1 Å². The molecule has 0 atom stereocenters. The molecule has 0 aliphatic heterocycles. The number of carbonyl (C=O) groups is 1. The van der Waals surface area contributed by atoms with Crippen LogP contribution in [-0.4, -0.2) is 38.3 Å². The molecule has 0 spiro atoms. The number of hydrogen-bond donors (Lipinski definition) is 1. The summed E-state index contributed by atoms with van der Waals surface area (Å²) in [4.78, 5) is 16.2.